The standard InChI is InChI=1S/C9H14O4/c1-4-12-8(10)6-7(3)9(11)13-5-2/h3-6H2,1-2H3/i3+1,6+1,7+1,8+1,9+1. The quantitative estimate of drug-likeness (QED) is 0.370. The molecule has 0 aliphatic carbocycles. The van der Waals surface area contributed by atoms with Crippen LogP contribution in [0.4, 0.5) is 0 Å². The van der Waals surface area contributed by atoms with Crippen LogP contribution < -0.4 is 0 Å². The molecule has 0 aliphatic rings. The third-order valence-electron chi connectivity index (χ3n) is 1.23. The Labute approximate surface area is 77.5 Å². The Kier molecular flexibility index (Phi) is 5.59. The molecule has 74 valence electrons. The van der Waals surface area contributed by atoms with Gasteiger partial charge in [0.1, 0.15) is 0 Å². The smallest absolute Gasteiger partial charge is 0.333 e. The van der Waals surface area contributed by atoms with Gasteiger partial charge in [0.15, 0.2) is 0 Å². The second-order valence-corrected chi connectivity index (χ2v) is 2.31. The largest absolute Gasteiger partial charge is 0.466 e. The minimum atomic E-state index is -0.546. The van der Waals surface area contributed by atoms with E-state index in [0.29, 0.717) is 6.61 Å². The van der Waals surface area contributed by atoms with E-state index in [1.165, 1.54) is 0 Å². The maximum Gasteiger partial charge on any atom is 0.333 e. The Bertz CT molecular complexity index is 208. The molecule has 0 amide bonds. The van der Waals surface area contributed by atoms with E-state index in [2.05, 4.69) is 16.1 Å². The molecule has 0 N–H and O–H groups in total. The van der Waals surface area contributed by atoms with Gasteiger partial charge in [-0.2, -0.15) is 0 Å². The van der Waals surface area contributed by atoms with Gasteiger partial charge in [-0.05, 0) is 13.8 Å². The molecule has 0 bridgehead atoms. The Morgan fingerprint density at radius 1 is 1.15 bits per heavy atom. The topological polar surface area (TPSA) is 52.6 Å². The zero-order valence-electron chi connectivity index (χ0n) is 7.96. The fourth-order valence-corrected chi connectivity index (χ4v) is 0.692. The molecular weight excluding hydrogens is 177 g/mol. The van der Waals surface area contributed by atoms with Crippen LogP contribution >= 0.6 is 0 Å². The van der Waals surface area contributed by atoms with E-state index >= 15 is 0 Å². The lowest BCUT2D eigenvalue weighted by atomic mass is 10.9. The molecule has 0 spiro atoms. The maximum absolute atomic E-state index is 11.0. The second-order valence-electron chi connectivity index (χ2n) is 2.31. The Hall–Kier alpha value is -1.32. The number of rotatable bonds is 5. The van der Waals surface area contributed by atoms with Gasteiger partial charge in [0.05, 0.1) is 19.6 Å². The monoisotopic (exact) mass is 191 g/mol. The van der Waals surface area contributed by atoms with E-state index in [4.69, 9.17) is 0 Å². The molecular formula is C9H14O4. The molecule has 0 heterocycles. The van der Waals surface area contributed by atoms with Gasteiger partial charge in [-0.25, -0.2) is 4.79 Å². The average molecular weight is 191 g/mol. The number of carbonyl (C=O) groups excluding carboxylic acids is 2. The van der Waals surface area contributed by atoms with Crippen molar-refractivity contribution in [3.8, 4) is 0 Å². The van der Waals surface area contributed by atoms with Crippen molar-refractivity contribution < 1.29 is 19.1 Å². The first-order valence-electron chi connectivity index (χ1n) is 4.12. The molecule has 13 heavy (non-hydrogen) atoms. The highest BCUT2D eigenvalue weighted by molar-refractivity contribution is 5.93. The van der Waals surface area contributed by atoms with Crippen LogP contribution in [0, 0.1) is 0 Å². The van der Waals surface area contributed by atoms with Crippen molar-refractivity contribution in [1.29, 1.82) is 0 Å². The van der Waals surface area contributed by atoms with Crippen LogP contribution in [0.3, 0.4) is 0 Å². The molecule has 0 aromatic carbocycles. The summed E-state index contributed by atoms with van der Waals surface area (Å²) in [4.78, 5) is 21.8. The van der Waals surface area contributed by atoms with Gasteiger partial charge in [0, 0.05) is 5.57 Å². The Morgan fingerprint density at radius 3 is 2.15 bits per heavy atom. The molecule has 0 saturated heterocycles. The van der Waals surface area contributed by atoms with Crippen molar-refractivity contribution in [1.82, 2.24) is 0 Å². The van der Waals surface area contributed by atoms with E-state index in [1.807, 2.05) is 0 Å². The fraction of sp³-hybridized carbons (Fsp3) is 0.556. The molecule has 0 radical (unpaired) electrons. The van der Waals surface area contributed by atoms with Crippen LogP contribution in [0.1, 0.15) is 20.3 Å². The first-order chi connectivity index (χ1) is 6.11. The van der Waals surface area contributed by atoms with Gasteiger partial charge in [-0.3, -0.25) is 4.79 Å². The van der Waals surface area contributed by atoms with E-state index in [9.17, 15) is 9.59 Å². The number of carbonyl (C=O) groups is 2. The summed E-state index contributed by atoms with van der Waals surface area (Å²) in [6, 6.07) is 0. The summed E-state index contributed by atoms with van der Waals surface area (Å²) in [6.45, 7) is 7.39. The summed E-state index contributed by atoms with van der Waals surface area (Å²) in [7, 11) is 0. The summed E-state index contributed by atoms with van der Waals surface area (Å²) in [5, 5.41) is 0. The summed E-state index contributed by atoms with van der Waals surface area (Å²) in [5.41, 5.74) is 0.125. The van der Waals surface area contributed by atoms with Crippen molar-refractivity contribution in [3.05, 3.63) is 12.2 Å². The molecule has 0 rings (SSSR count). The average Bonchev–Trinajstić information content (AvgIpc) is 2.05. The van der Waals surface area contributed by atoms with Gasteiger partial charge in [-0.15, -0.1) is 0 Å². The molecule has 0 aliphatic heterocycles. The summed E-state index contributed by atoms with van der Waals surface area (Å²) >= 11 is 0. The highest BCUT2D eigenvalue weighted by Crippen LogP contribution is 2.02. The van der Waals surface area contributed by atoms with Crippen LogP contribution in [0.5, 0.6) is 0 Å². The summed E-state index contributed by atoms with van der Waals surface area (Å²) in [5.74, 6) is -1.00. The highest BCUT2D eigenvalue weighted by Gasteiger charge is 2.12. The zero-order chi connectivity index (χ0) is 10.3. The highest BCUT2D eigenvalue weighted by atomic mass is 16.6. The molecule has 4 heteroatoms. The number of hydrogen-bond donors (Lipinski definition) is 0. The van der Waals surface area contributed by atoms with Crippen molar-refractivity contribution in [3.63, 3.8) is 0 Å². The number of esters is 2. The molecule has 0 saturated carbocycles. The number of hydrogen-bond acceptors (Lipinski definition) is 4. The third kappa shape index (κ3) is 5.00. The number of ether oxygens (including phenoxy) is 2. The molecule has 0 unspecified atom stereocenters. The Morgan fingerprint density at radius 2 is 1.69 bits per heavy atom. The van der Waals surface area contributed by atoms with Crippen molar-refractivity contribution >= 4 is 11.9 Å². The predicted molar refractivity (Wildman–Crippen MR) is 47.0 cm³/mol. The maximum atomic E-state index is 11.0. The molecule has 0 fully saturated rings. The van der Waals surface area contributed by atoms with Crippen LogP contribution in [0.25, 0.3) is 0 Å². The van der Waals surface area contributed by atoms with E-state index < -0.39 is 11.9 Å². The lowest BCUT2D eigenvalue weighted by molar-refractivity contribution is -0.145. The lowest BCUT2D eigenvalue weighted by Gasteiger charge is -2.04. The molecule has 0 aromatic heterocycles. The first kappa shape index (κ1) is 11.7. The van der Waals surface area contributed by atoms with Crippen LogP contribution in [0.2, 0.25) is 0 Å². The van der Waals surface area contributed by atoms with Crippen LogP contribution in [-0.4, -0.2) is 25.2 Å². The van der Waals surface area contributed by atoms with Gasteiger partial charge in [0.25, 0.3) is 0 Å². The van der Waals surface area contributed by atoms with Crippen molar-refractivity contribution in [2.75, 3.05) is 13.2 Å². The van der Waals surface area contributed by atoms with E-state index in [0.717, 1.165) is 0 Å². The third-order valence-corrected chi connectivity index (χ3v) is 1.23. The summed E-state index contributed by atoms with van der Waals surface area (Å²) in [6.07, 6.45) is -0.104. The van der Waals surface area contributed by atoms with Crippen LogP contribution in [0.15, 0.2) is 12.2 Å². The van der Waals surface area contributed by atoms with Crippen molar-refractivity contribution in [2.45, 2.75) is 20.3 Å². The molecule has 4 nitrogen and oxygen atoms in total. The molecule has 0 aromatic rings. The van der Waals surface area contributed by atoms with E-state index in [-0.39, 0.29) is 18.6 Å². The van der Waals surface area contributed by atoms with Gasteiger partial charge < -0.3 is 9.47 Å². The van der Waals surface area contributed by atoms with Crippen LogP contribution in [-0.2, 0) is 19.1 Å². The minimum Gasteiger partial charge on any atom is -0.466 e. The molecule has 0 atom stereocenters. The van der Waals surface area contributed by atoms with Gasteiger partial charge in [-0.1, -0.05) is 6.58 Å². The van der Waals surface area contributed by atoms with E-state index in [1.54, 1.807) is 13.8 Å². The normalized spacial score (nSPS) is 9.08. The van der Waals surface area contributed by atoms with Crippen molar-refractivity contribution in [2.24, 2.45) is 0 Å². The minimum absolute atomic E-state index is 0.104. The Balaban J connectivity index is 3.86. The predicted octanol–water partition coefficient (Wildman–Crippen LogP) is 1.06. The van der Waals surface area contributed by atoms with Gasteiger partial charge >= 0.3 is 11.9 Å². The fourth-order valence-electron chi connectivity index (χ4n) is 0.692. The zero-order valence-corrected chi connectivity index (χ0v) is 7.96. The lowest BCUT2D eigenvalue weighted by Crippen LogP contribution is -2.12. The second kappa shape index (κ2) is 6.22. The first-order valence-corrected chi connectivity index (χ1v) is 4.12. The van der Waals surface area contributed by atoms with Gasteiger partial charge in [0.2, 0.25) is 0 Å². The summed E-state index contributed by atoms with van der Waals surface area (Å²) < 4.78 is 9.27. The SMILES string of the molecule is CCO[13C](=O)[13CH2][13C](=[13CH2])[13C](=O)OCC.